The molecule has 0 bridgehead atoms. The molecule has 1 saturated carbocycles. The first-order valence-corrected chi connectivity index (χ1v) is 8.24. The van der Waals surface area contributed by atoms with E-state index in [0.29, 0.717) is 19.3 Å². The highest BCUT2D eigenvalue weighted by Gasteiger charge is 2.31. The smallest absolute Gasteiger partial charge is 0.161 e. The molecule has 130 valence electrons. The molecule has 0 amide bonds. The van der Waals surface area contributed by atoms with Crippen molar-refractivity contribution in [2.24, 2.45) is 5.92 Å². The number of nitrogens with zero attached hydrogens (tertiary/aromatic N) is 1. The van der Waals surface area contributed by atoms with Crippen LogP contribution in [0, 0.1) is 5.92 Å². The van der Waals surface area contributed by atoms with E-state index in [1.807, 2.05) is 0 Å². The van der Waals surface area contributed by atoms with Gasteiger partial charge in [-0.05, 0) is 30.0 Å². The van der Waals surface area contributed by atoms with Gasteiger partial charge in [0.25, 0.3) is 0 Å². The number of ether oxygens (including phenoxy) is 2. The Labute approximate surface area is 150 Å². The van der Waals surface area contributed by atoms with Crippen molar-refractivity contribution in [2.45, 2.75) is 25.3 Å². The number of benzene rings is 1. The molecule has 23 heavy (non-hydrogen) atoms. The molecule has 0 radical (unpaired) electrons. The fourth-order valence-electron chi connectivity index (χ4n) is 3.43. The summed E-state index contributed by atoms with van der Waals surface area (Å²) < 4.78 is 11.4. The molecule has 1 atom stereocenters. The van der Waals surface area contributed by atoms with Gasteiger partial charge in [0.2, 0.25) is 0 Å². The second-order valence-corrected chi connectivity index (χ2v) is 6.38. The fourth-order valence-corrected chi connectivity index (χ4v) is 3.43. The third-order valence-corrected chi connectivity index (χ3v) is 4.80. The van der Waals surface area contributed by atoms with Crippen molar-refractivity contribution in [3.8, 4) is 11.5 Å². The molecule has 1 aromatic carbocycles. The Morgan fingerprint density at radius 2 is 1.74 bits per heavy atom. The van der Waals surface area contributed by atoms with Crippen LogP contribution in [0.5, 0.6) is 11.5 Å². The number of halogens is 2. The number of hydrogen-bond acceptors (Lipinski definition) is 4. The molecule has 2 fully saturated rings. The minimum absolute atomic E-state index is 0. The van der Waals surface area contributed by atoms with Gasteiger partial charge in [-0.3, -0.25) is 4.90 Å². The predicted molar refractivity (Wildman–Crippen MR) is 96.5 cm³/mol. The lowest BCUT2D eigenvalue weighted by molar-refractivity contribution is 0.156. The van der Waals surface area contributed by atoms with Crippen LogP contribution in [0.15, 0.2) is 18.2 Å². The van der Waals surface area contributed by atoms with E-state index >= 15 is 0 Å². The Bertz CT molecular complexity index is 505. The first-order valence-electron chi connectivity index (χ1n) is 8.24. The summed E-state index contributed by atoms with van der Waals surface area (Å²) in [5.41, 5.74) is 1.40. The van der Waals surface area contributed by atoms with Crippen molar-refractivity contribution in [1.29, 1.82) is 0 Å². The Morgan fingerprint density at radius 3 is 2.43 bits per heavy atom. The maximum absolute atomic E-state index is 5.77. The summed E-state index contributed by atoms with van der Waals surface area (Å²) in [4.78, 5) is 2.64. The predicted octanol–water partition coefficient (Wildman–Crippen LogP) is 3.05. The van der Waals surface area contributed by atoms with E-state index in [0.717, 1.165) is 43.6 Å². The van der Waals surface area contributed by atoms with Gasteiger partial charge >= 0.3 is 0 Å². The van der Waals surface area contributed by atoms with Crippen molar-refractivity contribution >= 4 is 24.8 Å². The molecule has 1 saturated heterocycles. The van der Waals surface area contributed by atoms with Gasteiger partial charge in [0.15, 0.2) is 11.5 Å². The monoisotopic (exact) mass is 360 g/mol. The van der Waals surface area contributed by atoms with Crippen LogP contribution < -0.4 is 14.8 Å². The lowest BCUT2D eigenvalue weighted by Crippen LogP contribution is -2.45. The average Bonchev–Trinajstić information content (AvgIpc) is 3.37. The van der Waals surface area contributed by atoms with E-state index in [-0.39, 0.29) is 24.8 Å². The van der Waals surface area contributed by atoms with Crippen molar-refractivity contribution in [2.75, 3.05) is 39.4 Å². The maximum atomic E-state index is 5.77. The van der Waals surface area contributed by atoms with Crippen LogP contribution in [0.3, 0.4) is 0 Å². The van der Waals surface area contributed by atoms with Crippen molar-refractivity contribution in [3.05, 3.63) is 23.8 Å². The quantitative estimate of drug-likeness (QED) is 0.894. The molecular formula is C17H26Cl2N2O2. The first kappa shape index (κ1) is 18.7. The molecule has 6 heteroatoms. The Kier molecular flexibility index (Phi) is 6.84. The number of rotatable bonds is 4. The summed E-state index contributed by atoms with van der Waals surface area (Å²) in [6, 6.07) is 7.08. The maximum Gasteiger partial charge on any atom is 0.161 e. The van der Waals surface area contributed by atoms with Gasteiger partial charge in [-0.2, -0.15) is 0 Å². The van der Waals surface area contributed by atoms with E-state index in [2.05, 4.69) is 28.4 Å². The van der Waals surface area contributed by atoms with Crippen LogP contribution in [-0.2, 0) is 0 Å². The zero-order valence-electron chi connectivity index (χ0n) is 13.3. The third kappa shape index (κ3) is 4.44. The molecule has 0 spiro atoms. The molecule has 1 aliphatic carbocycles. The molecule has 1 aromatic rings. The Balaban J connectivity index is 0.000000960. The summed E-state index contributed by atoms with van der Waals surface area (Å²) in [6.45, 7) is 5.82. The van der Waals surface area contributed by atoms with E-state index in [1.165, 1.54) is 24.8 Å². The van der Waals surface area contributed by atoms with Gasteiger partial charge in [-0.25, -0.2) is 0 Å². The molecule has 4 nitrogen and oxygen atoms in total. The molecule has 2 aliphatic heterocycles. The Hall–Kier alpha value is -0.680. The fraction of sp³-hybridized carbons (Fsp3) is 0.647. The van der Waals surface area contributed by atoms with Gasteiger partial charge in [-0.15, -0.1) is 24.8 Å². The summed E-state index contributed by atoms with van der Waals surface area (Å²) in [5, 5.41) is 3.45. The van der Waals surface area contributed by atoms with Crippen LogP contribution in [0.25, 0.3) is 0 Å². The van der Waals surface area contributed by atoms with Gasteiger partial charge in [-0.1, -0.05) is 18.9 Å². The number of piperazine rings is 1. The van der Waals surface area contributed by atoms with Crippen molar-refractivity contribution < 1.29 is 9.47 Å². The van der Waals surface area contributed by atoms with Crippen LogP contribution in [-0.4, -0.2) is 44.3 Å². The summed E-state index contributed by atoms with van der Waals surface area (Å²) >= 11 is 0. The van der Waals surface area contributed by atoms with Crippen molar-refractivity contribution in [1.82, 2.24) is 10.2 Å². The lowest BCUT2D eigenvalue weighted by Gasteiger charge is -2.36. The van der Waals surface area contributed by atoms with Crippen LogP contribution in [0.2, 0.25) is 0 Å². The number of nitrogens with one attached hydrogen (secondary N) is 1. The molecule has 3 aliphatic rings. The van der Waals surface area contributed by atoms with Gasteiger partial charge in [0.1, 0.15) is 13.2 Å². The number of fused-ring (bicyclic) bond motifs is 1. The highest BCUT2D eigenvalue weighted by atomic mass is 35.5. The van der Waals surface area contributed by atoms with Crippen LogP contribution in [0.4, 0.5) is 0 Å². The highest BCUT2D eigenvalue weighted by molar-refractivity contribution is 5.85. The molecule has 0 unspecified atom stereocenters. The minimum Gasteiger partial charge on any atom is -0.486 e. The second-order valence-electron chi connectivity index (χ2n) is 6.38. The SMILES string of the molecule is Cl.Cl.c1cc2c(cc1[C@H](CC1CC1)N1CCNCC1)OCCO2. The normalized spacial score (nSPS) is 21.7. The lowest BCUT2D eigenvalue weighted by atomic mass is 9.98. The van der Waals surface area contributed by atoms with Gasteiger partial charge in [0.05, 0.1) is 0 Å². The summed E-state index contributed by atoms with van der Waals surface area (Å²) in [7, 11) is 0. The zero-order chi connectivity index (χ0) is 14.1. The van der Waals surface area contributed by atoms with Gasteiger partial charge in [0, 0.05) is 32.2 Å². The molecule has 4 rings (SSSR count). The summed E-state index contributed by atoms with van der Waals surface area (Å²) in [5.74, 6) is 2.75. The standard InChI is InChI=1S/C17H24N2O2.2ClH/c1-2-13(1)11-15(19-7-5-18-6-8-19)14-3-4-16-17(12-14)21-10-9-20-16;;/h3-4,12-13,15,18H,1-2,5-11H2;2*1H/t15-;;/m0../s1. The third-order valence-electron chi connectivity index (χ3n) is 4.80. The first-order chi connectivity index (χ1) is 10.4. The van der Waals surface area contributed by atoms with Gasteiger partial charge < -0.3 is 14.8 Å². The number of hydrogen-bond donors (Lipinski definition) is 1. The van der Waals surface area contributed by atoms with Crippen LogP contribution in [0.1, 0.15) is 30.9 Å². The van der Waals surface area contributed by atoms with Crippen LogP contribution >= 0.6 is 24.8 Å². The van der Waals surface area contributed by atoms with E-state index in [1.54, 1.807) is 0 Å². The largest absolute Gasteiger partial charge is 0.486 e. The summed E-state index contributed by atoms with van der Waals surface area (Å²) in [6.07, 6.45) is 4.11. The Morgan fingerprint density at radius 1 is 1.04 bits per heavy atom. The molecular weight excluding hydrogens is 335 g/mol. The van der Waals surface area contributed by atoms with E-state index in [9.17, 15) is 0 Å². The molecule has 2 heterocycles. The molecule has 0 aromatic heterocycles. The zero-order valence-corrected chi connectivity index (χ0v) is 15.0. The van der Waals surface area contributed by atoms with Crippen molar-refractivity contribution in [3.63, 3.8) is 0 Å². The molecule has 1 N–H and O–H groups in total. The minimum atomic E-state index is 0. The van der Waals surface area contributed by atoms with E-state index in [4.69, 9.17) is 9.47 Å². The average molecular weight is 361 g/mol. The highest BCUT2D eigenvalue weighted by Crippen LogP contribution is 2.42. The topological polar surface area (TPSA) is 33.7 Å². The van der Waals surface area contributed by atoms with E-state index < -0.39 is 0 Å². The second kappa shape index (κ2) is 8.43.